The van der Waals surface area contributed by atoms with E-state index in [1.807, 2.05) is 26.0 Å². The molecule has 0 aliphatic heterocycles. The number of nitrogens with zero attached hydrogens (tertiary/aromatic N) is 2. The first-order valence-corrected chi connectivity index (χ1v) is 7.20. The van der Waals surface area contributed by atoms with Crippen LogP contribution in [0.5, 0.6) is 0 Å². The van der Waals surface area contributed by atoms with Gasteiger partial charge in [-0.15, -0.1) is 11.3 Å². The summed E-state index contributed by atoms with van der Waals surface area (Å²) in [7, 11) is 0. The van der Waals surface area contributed by atoms with Gasteiger partial charge in [-0.05, 0) is 41.9 Å². The highest BCUT2D eigenvalue weighted by Crippen LogP contribution is 2.35. The van der Waals surface area contributed by atoms with Gasteiger partial charge in [0, 0.05) is 16.0 Å². The lowest BCUT2D eigenvalue weighted by Gasteiger charge is -2.14. The summed E-state index contributed by atoms with van der Waals surface area (Å²) in [6.45, 7) is 4.01. The van der Waals surface area contributed by atoms with Gasteiger partial charge in [-0.25, -0.2) is 0 Å². The summed E-state index contributed by atoms with van der Waals surface area (Å²) in [6, 6.07) is 4.06. The SMILES string of the molecule is Cc1ccc(C(C)Nc2c(Br)cncc2[N+](=O)[O-])s1. The Morgan fingerprint density at radius 2 is 2.21 bits per heavy atom. The fraction of sp³-hybridized carbons (Fsp3) is 0.250. The quantitative estimate of drug-likeness (QED) is 0.665. The van der Waals surface area contributed by atoms with Crippen molar-refractivity contribution >= 4 is 38.6 Å². The molecular weight excluding hydrogens is 330 g/mol. The third-order valence-corrected chi connectivity index (χ3v) is 4.41. The van der Waals surface area contributed by atoms with Crippen LogP contribution in [0.2, 0.25) is 0 Å². The van der Waals surface area contributed by atoms with Crippen molar-refractivity contribution in [3.63, 3.8) is 0 Å². The molecule has 0 bridgehead atoms. The van der Waals surface area contributed by atoms with E-state index < -0.39 is 4.92 Å². The average Bonchev–Trinajstić information content (AvgIpc) is 2.78. The molecule has 2 aromatic rings. The second kappa shape index (κ2) is 5.66. The minimum absolute atomic E-state index is 0.00361. The molecule has 0 aliphatic rings. The van der Waals surface area contributed by atoms with E-state index in [4.69, 9.17) is 0 Å². The minimum Gasteiger partial charge on any atom is -0.371 e. The smallest absolute Gasteiger partial charge is 0.311 e. The van der Waals surface area contributed by atoms with Gasteiger partial charge in [0.15, 0.2) is 0 Å². The fourth-order valence-electron chi connectivity index (χ4n) is 1.68. The molecule has 0 radical (unpaired) electrons. The molecule has 2 rings (SSSR count). The molecule has 0 aromatic carbocycles. The predicted octanol–water partition coefficient (Wildman–Crippen LogP) is 4.30. The average molecular weight is 342 g/mol. The number of aromatic nitrogens is 1. The highest BCUT2D eigenvalue weighted by Gasteiger charge is 2.19. The molecule has 100 valence electrons. The number of anilines is 1. The van der Waals surface area contributed by atoms with Crippen LogP contribution in [0.3, 0.4) is 0 Å². The Morgan fingerprint density at radius 1 is 1.47 bits per heavy atom. The summed E-state index contributed by atoms with van der Waals surface area (Å²) in [5.74, 6) is 0. The van der Waals surface area contributed by atoms with Crippen molar-refractivity contribution in [3.05, 3.63) is 48.9 Å². The Bertz CT molecular complexity index is 615. The number of thiophene rings is 1. The lowest BCUT2D eigenvalue weighted by Crippen LogP contribution is -2.08. The number of nitro groups is 1. The van der Waals surface area contributed by atoms with Crippen molar-refractivity contribution < 1.29 is 4.92 Å². The number of hydrogen-bond donors (Lipinski definition) is 1. The highest BCUT2D eigenvalue weighted by atomic mass is 79.9. The molecular formula is C12H12BrN3O2S. The van der Waals surface area contributed by atoms with E-state index in [1.54, 1.807) is 17.5 Å². The topological polar surface area (TPSA) is 68.1 Å². The third-order valence-electron chi connectivity index (χ3n) is 2.63. The summed E-state index contributed by atoms with van der Waals surface area (Å²) < 4.78 is 0.585. The largest absolute Gasteiger partial charge is 0.371 e. The lowest BCUT2D eigenvalue weighted by atomic mass is 10.2. The van der Waals surface area contributed by atoms with Crippen molar-refractivity contribution in [2.75, 3.05) is 5.32 Å². The number of rotatable bonds is 4. The molecule has 7 heteroatoms. The van der Waals surface area contributed by atoms with Crippen LogP contribution < -0.4 is 5.32 Å². The van der Waals surface area contributed by atoms with E-state index in [0.29, 0.717) is 10.2 Å². The van der Waals surface area contributed by atoms with Crippen molar-refractivity contribution in [1.82, 2.24) is 4.98 Å². The van der Waals surface area contributed by atoms with Crippen LogP contribution >= 0.6 is 27.3 Å². The Balaban J connectivity index is 2.30. The van der Waals surface area contributed by atoms with Crippen molar-refractivity contribution in [2.24, 2.45) is 0 Å². The van der Waals surface area contributed by atoms with Crippen LogP contribution in [0.1, 0.15) is 22.7 Å². The second-order valence-corrected chi connectivity index (χ2v) is 6.26. The van der Waals surface area contributed by atoms with E-state index in [2.05, 4.69) is 26.2 Å². The summed E-state index contributed by atoms with van der Waals surface area (Å²) in [5, 5.41) is 14.2. The zero-order valence-electron chi connectivity index (χ0n) is 10.4. The van der Waals surface area contributed by atoms with E-state index in [0.717, 1.165) is 4.88 Å². The van der Waals surface area contributed by atoms with Crippen molar-refractivity contribution in [1.29, 1.82) is 0 Å². The van der Waals surface area contributed by atoms with E-state index in [9.17, 15) is 10.1 Å². The molecule has 1 N–H and O–H groups in total. The summed E-state index contributed by atoms with van der Waals surface area (Å²) in [4.78, 5) is 16.7. The van der Waals surface area contributed by atoms with Gasteiger partial charge in [0.1, 0.15) is 11.9 Å². The summed E-state index contributed by atoms with van der Waals surface area (Å²) in [6.07, 6.45) is 2.79. The maximum absolute atomic E-state index is 11.0. The standard InChI is InChI=1S/C12H12BrN3O2S/c1-7-3-4-11(19-7)8(2)15-12-9(13)5-14-6-10(12)16(17)18/h3-6,8H,1-2H3,(H,14,15). The molecule has 0 aliphatic carbocycles. The van der Waals surface area contributed by atoms with Gasteiger partial charge in [-0.2, -0.15) is 0 Å². The Labute approximate surface area is 123 Å². The lowest BCUT2D eigenvalue weighted by molar-refractivity contribution is -0.384. The van der Waals surface area contributed by atoms with Gasteiger partial charge in [-0.1, -0.05) is 0 Å². The Morgan fingerprint density at radius 3 is 2.79 bits per heavy atom. The van der Waals surface area contributed by atoms with Gasteiger partial charge in [0.05, 0.1) is 15.4 Å². The summed E-state index contributed by atoms with van der Waals surface area (Å²) in [5.41, 5.74) is 0.424. The number of pyridine rings is 1. The van der Waals surface area contributed by atoms with Crippen LogP contribution in [-0.4, -0.2) is 9.91 Å². The molecule has 5 nitrogen and oxygen atoms in total. The monoisotopic (exact) mass is 341 g/mol. The molecule has 1 unspecified atom stereocenters. The van der Waals surface area contributed by atoms with Gasteiger partial charge in [-0.3, -0.25) is 15.1 Å². The number of halogens is 1. The second-order valence-electron chi connectivity index (χ2n) is 4.09. The van der Waals surface area contributed by atoms with Crippen LogP contribution in [-0.2, 0) is 0 Å². The molecule has 0 fully saturated rings. The molecule has 0 saturated heterocycles. The third kappa shape index (κ3) is 3.10. The van der Waals surface area contributed by atoms with Crippen LogP contribution in [0, 0.1) is 17.0 Å². The van der Waals surface area contributed by atoms with Crippen molar-refractivity contribution in [3.8, 4) is 0 Å². The summed E-state index contributed by atoms with van der Waals surface area (Å²) >= 11 is 4.97. The van der Waals surface area contributed by atoms with Crippen molar-refractivity contribution in [2.45, 2.75) is 19.9 Å². The van der Waals surface area contributed by atoms with Crippen LogP contribution in [0.4, 0.5) is 11.4 Å². The number of hydrogen-bond acceptors (Lipinski definition) is 5. The zero-order valence-corrected chi connectivity index (χ0v) is 12.8. The zero-order chi connectivity index (χ0) is 14.0. The Hall–Kier alpha value is -1.47. The van der Waals surface area contributed by atoms with Gasteiger partial charge < -0.3 is 5.32 Å². The minimum atomic E-state index is -0.438. The first-order chi connectivity index (χ1) is 8.99. The Kier molecular flexibility index (Phi) is 4.16. The number of aryl methyl sites for hydroxylation is 1. The molecule has 19 heavy (non-hydrogen) atoms. The molecule has 2 aromatic heterocycles. The highest BCUT2D eigenvalue weighted by molar-refractivity contribution is 9.10. The van der Waals surface area contributed by atoms with Crippen LogP contribution in [0.15, 0.2) is 29.0 Å². The van der Waals surface area contributed by atoms with Crippen LogP contribution in [0.25, 0.3) is 0 Å². The van der Waals surface area contributed by atoms with E-state index in [1.165, 1.54) is 11.1 Å². The van der Waals surface area contributed by atoms with E-state index in [-0.39, 0.29) is 11.7 Å². The van der Waals surface area contributed by atoms with Gasteiger partial charge >= 0.3 is 5.69 Å². The number of nitrogens with one attached hydrogen (secondary N) is 1. The maximum atomic E-state index is 11.0. The van der Waals surface area contributed by atoms with E-state index >= 15 is 0 Å². The predicted molar refractivity (Wildman–Crippen MR) is 79.7 cm³/mol. The van der Waals surface area contributed by atoms with Gasteiger partial charge in [0.25, 0.3) is 0 Å². The normalized spacial score (nSPS) is 12.2. The van der Waals surface area contributed by atoms with Gasteiger partial charge in [0.2, 0.25) is 0 Å². The molecule has 2 heterocycles. The molecule has 0 saturated carbocycles. The molecule has 1 atom stereocenters. The fourth-order valence-corrected chi connectivity index (χ4v) is 3.00. The maximum Gasteiger partial charge on any atom is 0.311 e. The first kappa shape index (κ1) is 14.0. The molecule has 0 amide bonds. The first-order valence-electron chi connectivity index (χ1n) is 5.60. The molecule has 0 spiro atoms.